The van der Waals surface area contributed by atoms with E-state index in [1.165, 1.54) is 16.8 Å². The molecule has 1 amide bonds. The maximum atomic E-state index is 13.2. The third-order valence-electron chi connectivity index (χ3n) is 7.86. The fourth-order valence-electron chi connectivity index (χ4n) is 5.72. The number of amides is 1. The number of ketones is 1. The number of methoxy groups -OCH3 is 1. The van der Waals surface area contributed by atoms with Crippen LogP contribution in [0.25, 0.3) is 0 Å². The number of fused-ring (bicyclic) bond motifs is 1. The molecule has 0 saturated carbocycles. The second-order valence-electron chi connectivity index (χ2n) is 10.3. The number of carbonyl (C=O) groups is 2. The van der Waals surface area contributed by atoms with E-state index in [1.807, 2.05) is 6.07 Å². The van der Waals surface area contributed by atoms with Crippen molar-refractivity contribution in [3.05, 3.63) is 64.8 Å². The maximum absolute atomic E-state index is 13.2. The van der Waals surface area contributed by atoms with Crippen LogP contribution in [0, 0.1) is 0 Å². The Balaban J connectivity index is 1.14. The number of nitrogens with zero attached hydrogens (tertiary/aromatic N) is 4. The van der Waals surface area contributed by atoms with Gasteiger partial charge >= 0.3 is 0 Å². The van der Waals surface area contributed by atoms with Crippen LogP contribution in [0.5, 0.6) is 0 Å². The zero-order valence-electron chi connectivity index (χ0n) is 21.5. The Labute approximate surface area is 214 Å². The molecule has 1 aromatic rings. The van der Waals surface area contributed by atoms with E-state index in [1.54, 1.807) is 12.0 Å². The third kappa shape index (κ3) is 5.80. The van der Waals surface area contributed by atoms with E-state index in [0.717, 1.165) is 82.8 Å². The number of allylic oxidation sites excluding steroid dienone is 3. The van der Waals surface area contributed by atoms with Gasteiger partial charge in [-0.2, -0.15) is 0 Å². The van der Waals surface area contributed by atoms with Gasteiger partial charge in [0.1, 0.15) is 0 Å². The molecule has 36 heavy (non-hydrogen) atoms. The molecule has 3 heterocycles. The Kier molecular flexibility index (Phi) is 7.99. The van der Waals surface area contributed by atoms with E-state index in [2.05, 4.69) is 51.1 Å². The van der Waals surface area contributed by atoms with Crippen LogP contribution < -0.4 is 4.90 Å². The van der Waals surface area contributed by atoms with Gasteiger partial charge in [-0.1, -0.05) is 29.9 Å². The molecule has 7 nitrogen and oxygen atoms in total. The van der Waals surface area contributed by atoms with Crippen LogP contribution in [0.4, 0.5) is 5.69 Å². The monoisotopic (exact) mass is 490 g/mol. The molecule has 0 unspecified atom stereocenters. The lowest BCUT2D eigenvalue weighted by molar-refractivity contribution is -0.120. The Hall–Kier alpha value is -2.74. The number of Topliss-reactive ketones (excluding diaryl/α,β-unsaturated/α-hetero) is 1. The summed E-state index contributed by atoms with van der Waals surface area (Å²) in [5.41, 5.74) is 5.87. The van der Waals surface area contributed by atoms with Crippen LogP contribution in [0.2, 0.25) is 0 Å². The highest BCUT2D eigenvalue weighted by Gasteiger charge is 2.28. The summed E-state index contributed by atoms with van der Waals surface area (Å²) in [5.74, 6) is 0.108. The molecule has 5 rings (SSSR count). The Morgan fingerprint density at radius 2 is 1.83 bits per heavy atom. The molecule has 4 aliphatic rings. The van der Waals surface area contributed by atoms with Crippen molar-refractivity contribution in [1.82, 2.24) is 14.7 Å². The molecule has 1 aliphatic carbocycles. The number of ether oxygens (including phenoxy) is 1. The number of rotatable bonds is 8. The molecular weight excluding hydrogens is 452 g/mol. The van der Waals surface area contributed by atoms with Crippen LogP contribution >= 0.6 is 0 Å². The summed E-state index contributed by atoms with van der Waals surface area (Å²) >= 11 is 0. The molecule has 1 saturated heterocycles. The van der Waals surface area contributed by atoms with Gasteiger partial charge in [0.2, 0.25) is 0 Å². The molecule has 0 N–H and O–H groups in total. The molecule has 0 bridgehead atoms. The molecule has 7 heteroatoms. The lowest BCUT2D eigenvalue weighted by atomic mass is 9.97. The van der Waals surface area contributed by atoms with Crippen molar-refractivity contribution in [3.8, 4) is 0 Å². The number of piperazine rings is 1. The minimum atomic E-state index is -0.0121. The quantitative estimate of drug-likeness (QED) is 0.558. The first-order chi connectivity index (χ1) is 17.6. The first-order valence-electron chi connectivity index (χ1n) is 13.3. The predicted molar refractivity (Wildman–Crippen MR) is 143 cm³/mol. The van der Waals surface area contributed by atoms with Crippen molar-refractivity contribution < 1.29 is 14.3 Å². The number of anilines is 1. The molecule has 0 spiro atoms. The first kappa shape index (κ1) is 24.9. The summed E-state index contributed by atoms with van der Waals surface area (Å²) in [7, 11) is 1.75. The number of carbonyl (C=O) groups excluding carboxylic acids is 2. The van der Waals surface area contributed by atoms with Gasteiger partial charge in [-0.25, -0.2) is 0 Å². The molecule has 0 atom stereocenters. The smallest absolute Gasteiger partial charge is 0.254 e. The lowest BCUT2D eigenvalue weighted by Gasteiger charge is -2.37. The minimum Gasteiger partial charge on any atom is -0.383 e. The molecule has 0 radical (unpaired) electrons. The van der Waals surface area contributed by atoms with Gasteiger partial charge in [-0.3, -0.25) is 19.4 Å². The Bertz CT molecular complexity index is 1070. The second kappa shape index (κ2) is 11.5. The van der Waals surface area contributed by atoms with Gasteiger partial charge in [-0.15, -0.1) is 0 Å². The molecule has 3 aliphatic heterocycles. The van der Waals surface area contributed by atoms with Gasteiger partial charge in [0.15, 0.2) is 5.78 Å². The Morgan fingerprint density at radius 3 is 2.67 bits per heavy atom. The summed E-state index contributed by atoms with van der Waals surface area (Å²) in [6.07, 6.45) is 11.4. The highest BCUT2D eigenvalue weighted by Crippen LogP contribution is 2.27. The van der Waals surface area contributed by atoms with E-state index >= 15 is 0 Å². The molecule has 1 fully saturated rings. The summed E-state index contributed by atoms with van der Waals surface area (Å²) in [6.45, 7) is 8.70. The topological polar surface area (TPSA) is 56.3 Å². The van der Waals surface area contributed by atoms with Gasteiger partial charge in [0, 0.05) is 70.7 Å². The van der Waals surface area contributed by atoms with E-state index in [9.17, 15) is 9.59 Å². The lowest BCUT2D eigenvalue weighted by Crippen LogP contribution is -2.47. The summed E-state index contributed by atoms with van der Waals surface area (Å²) in [6, 6.07) is 6.22. The van der Waals surface area contributed by atoms with Crippen molar-refractivity contribution in [2.75, 3.05) is 84.1 Å². The van der Waals surface area contributed by atoms with Gasteiger partial charge < -0.3 is 14.5 Å². The van der Waals surface area contributed by atoms with E-state index < -0.39 is 0 Å². The van der Waals surface area contributed by atoms with Crippen LogP contribution in [-0.2, 0) is 16.0 Å². The normalized spacial score (nSPS) is 21.0. The molecule has 1 aromatic carbocycles. The standard InChI is InChI=1S/C29H38N4O3/c1-36-18-17-30-13-15-32(16-14-30)26-7-8-28-24(19-26)10-12-33(29(28)35)22-27(34)21-31-11-9-23-5-3-2-4-6-25(23)20-31/h2-4,6-8,19H,5,9-18,20-22H2,1H3. The first-order valence-corrected chi connectivity index (χ1v) is 13.3. The SMILES string of the molecule is COCCN1CCN(c2ccc3c(c2)CCN(CC(=O)CN2CCC4=C(C=CC=CC4)C2)C3=O)CC1. The highest BCUT2D eigenvalue weighted by molar-refractivity contribution is 5.99. The van der Waals surface area contributed by atoms with Crippen LogP contribution in [0.1, 0.15) is 28.8 Å². The number of hydrogen-bond donors (Lipinski definition) is 0. The van der Waals surface area contributed by atoms with E-state index in [4.69, 9.17) is 4.74 Å². The average molecular weight is 491 g/mol. The zero-order chi connectivity index (χ0) is 24.9. The number of hydrogen-bond acceptors (Lipinski definition) is 6. The van der Waals surface area contributed by atoms with Crippen molar-refractivity contribution >= 4 is 17.4 Å². The van der Waals surface area contributed by atoms with Gasteiger partial charge in [0.25, 0.3) is 5.91 Å². The van der Waals surface area contributed by atoms with Crippen molar-refractivity contribution in [3.63, 3.8) is 0 Å². The fourth-order valence-corrected chi connectivity index (χ4v) is 5.72. The average Bonchev–Trinajstić information content (AvgIpc) is 3.14. The second-order valence-corrected chi connectivity index (χ2v) is 10.3. The van der Waals surface area contributed by atoms with Crippen LogP contribution in [-0.4, -0.2) is 106 Å². The summed E-state index contributed by atoms with van der Waals surface area (Å²) in [5, 5.41) is 0. The Morgan fingerprint density at radius 1 is 0.972 bits per heavy atom. The summed E-state index contributed by atoms with van der Waals surface area (Å²) < 4.78 is 5.20. The predicted octanol–water partition coefficient (Wildman–Crippen LogP) is 2.54. The van der Waals surface area contributed by atoms with E-state index in [-0.39, 0.29) is 18.2 Å². The molecule has 0 aromatic heterocycles. The van der Waals surface area contributed by atoms with Crippen LogP contribution in [0.15, 0.2) is 53.6 Å². The minimum absolute atomic E-state index is 0.0121. The van der Waals surface area contributed by atoms with Crippen molar-refractivity contribution in [2.24, 2.45) is 0 Å². The molecule has 192 valence electrons. The zero-order valence-corrected chi connectivity index (χ0v) is 21.5. The third-order valence-corrected chi connectivity index (χ3v) is 7.86. The van der Waals surface area contributed by atoms with Gasteiger partial charge in [0.05, 0.1) is 19.7 Å². The van der Waals surface area contributed by atoms with Crippen molar-refractivity contribution in [2.45, 2.75) is 19.3 Å². The van der Waals surface area contributed by atoms with Crippen LogP contribution in [0.3, 0.4) is 0 Å². The van der Waals surface area contributed by atoms with Gasteiger partial charge in [-0.05, 0) is 48.6 Å². The molecular formula is C29H38N4O3. The summed E-state index contributed by atoms with van der Waals surface area (Å²) in [4.78, 5) is 34.9. The largest absolute Gasteiger partial charge is 0.383 e. The maximum Gasteiger partial charge on any atom is 0.254 e. The van der Waals surface area contributed by atoms with Crippen molar-refractivity contribution in [1.29, 1.82) is 0 Å². The van der Waals surface area contributed by atoms with E-state index in [0.29, 0.717) is 13.1 Å². The fraction of sp³-hybridized carbons (Fsp3) is 0.517. The highest BCUT2D eigenvalue weighted by atomic mass is 16.5. The number of benzene rings is 1.